The fourth-order valence-electron chi connectivity index (χ4n) is 0.905. The number of nitrogens with one attached hydrogen (secondary N) is 1. The molecule has 3 heteroatoms. The Kier molecular flexibility index (Phi) is 3.41. The van der Waals surface area contributed by atoms with E-state index in [-0.39, 0.29) is 5.88 Å². The van der Waals surface area contributed by atoms with Crippen LogP contribution in [0.15, 0.2) is 35.8 Å². The number of hydrogen-bond acceptors (Lipinski definition) is 3. The first-order valence-corrected chi connectivity index (χ1v) is 3.85. The van der Waals surface area contributed by atoms with Crippen LogP contribution in [-0.4, -0.2) is 25.4 Å². The van der Waals surface area contributed by atoms with Crippen LogP contribution < -0.4 is 5.32 Å². The molecule has 0 aromatic rings. The van der Waals surface area contributed by atoms with Gasteiger partial charge in [-0.1, -0.05) is 12.2 Å². The molecular formula is C9H13NO2. The molecule has 1 rings (SSSR count). The molecule has 1 aliphatic rings. The van der Waals surface area contributed by atoms with Crippen LogP contribution in [0.3, 0.4) is 0 Å². The summed E-state index contributed by atoms with van der Waals surface area (Å²) in [6.45, 7) is 1.21. The van der Waals surface area contributed by atoms with E-state index in [1.807, 2.05) is 24.3 Å². The Morgan fingerprint density at radius 1 is 1.50 bits per heavy atom. The Hall–Kier alpha value is -1.22. The molecular weight excluding hydrogens is 154 g/mol. The Balaban J connectivity index is 2.36. The predicted molar refractivity (Wildman–Crippen MR) is 47.8 cm³/mol. The second-order valence-corrected chi connectivity index (χ2v) is 2.44. The number of ether oxygens (including phenoxy) is 1. The highest BCUT2D eigenvalue weighted by molar-refractivity contribution is 5.41. The van der Waals surface area contributed by atoms with Gasteiger partial charge in [0.15, 0.2) is 5.88 Å². The molecule has 0 atom stereocenters. The van der Waals surface area contributed by atoms with Crippen LogP contribution >= 0.6 is 0 Å². The number of rotatable bonds is 4. The smallest absolute Gasteiger partial charge is 0.191 e. The van der Waals surface area contributed by atoms with Gasteiger partial charge in [-0.2, -0.15) is 0 Å². The van der Waals surface area contributed by atoms with Crippen LogP contribution in [0.25, 0.3) is 0 Å². The summed E-state index contributed by atoms with van der Waals surface area (Å²) in [6, 6.07) is 0. The number of allylic oxidation sites excluding steroid dienone is 5. The van der Waals surface area contributed by atoms with E-state index in [2.05, 4.69) is 5.32 Å². The molecule has 12 heavy (non-hydrogen) atoms. The second-order valence-electron chi connectivity index (χ2n) is 2.44. The highest BCUT2D eigenvalue weighted by atomic mass is 16.5. The van der Waals surface area contributed by atoms with E-state index >= 15 is 0 Å². The van der Waals surface area contributed by atoms with Gasteiger partial charge in [-0.25, -0.2) is 0 Å². The van der Waals surface area contributed by atoms with E-state index < -0.39 is 0 Å². The highest BCUT2D eigenvalue weighted by Gasteiger charge is 2.00. The van der Waals surface area contributed by atoms with E-state index in [0.717, 1.165) is 5.57 Å². The summed E-state index contributed by atoms with van der Waals surface area (Å²) in [7, 11) is 1.63. The molecule has 0 saturated heterocycles. The summed E-state index contributed by atoms with van der Waals surface area (Å²) in [5.74, 6) is 0.206. The van der Waals surface area contributed by atoms with Crippen LogP contribution in [0.5, 0.6) is 0 Å². The van der Waals surface area contributed by atoms with Crippen LogP contribution in [0.1, 0.15) is 0 Å². The molecule has 0 radical (unpaired) electrons. The van der Waals surface area contributed by atoms with Gasteiger partial charge in [0, 0.05) is 19.2 Å². The summed E-state index contributed by atoms with van der Waals surface area (Å²) in [5, 5.41) is 12.2. The topological polar surface area (TPSA) is 41.5 Å². The lowest BCUT2D eigenvalue weighted by Gasteiger charge is -2.05. The molecule has 3 nitrogen and oxygen atoms in total. The second kappa shape index (κ2) is 4.62. The molecule has 2 N–H and O–H groups in total. The molecule has 0 aliphatic heterocycles. The SMILES string of the molecule is COCCNC(O)=C1C=CC=C1. The van der Waals surface area contributed by atoms with Gasteiger partial charge in [-0.3, -0.25) is 0 Å². The Morgan fingerprint density at radius 2 is 2.17 bits per heavy atom. The molecule has 1 aliphatic carbocycles. The standard InChI is InChI=1S/C9H13NO2/c1-12-7-6-10-9(11)8-4-2-3-5-8/h2-5,10-11H,6-7H2,1H3. The minimum atomic E-state index is 0.206. The van der Waals surface area contributed by atoms with Gasteiger partial charge in [0.25, 0.3) is 0 Å². The third kappa shape index (κ3) is 2.43. The lowest BCUT2D eigenvalue weighted by Crippen LogP contribution is -2.19. The summed E-state index contributed by atoms with van der Waals surface area (Å²) < 4.78 is 4.82. The van der Waals surface area contributed by atoms with Crippen molar-refractivity contribution in [1.82, 2.24) is 5.32 Å². The fraction of sp³-hybridized carbons (Fsp3) is 0.333. The van der Waals surface area contributed by atoms with Crippen LogP contribution in [0.2, 0.25) is 0 Å². The van der Waals surface area contributed by atoms with E-state index in [4.69, 9.17) is 4.74 Å². The number of methoxy groups -OCH3 is 1. The molecule has 0 amide bonds. The molecule has 0 unspecified atom stereocenters. The summed E-state index contributed by atoms with van der Waals surface area (Å²) in [5.41, 5.74) is 0.811. The van der Waals surface area contributed by atoms with Gasteiger partial charge in [0.1, 0.15) is 0 Å². The first-order valence-electron chi connectivity index (χ1n) is 3.85. The summed E-state index contributed by atoms with van der Waals surface area (Å²) in [6.07, 6.45) is 7.44. The molecule has 0 aromatic carbocycles. The zero-order valence-corrected chi connectivity index (χ0v) is 7.08. The van der Waals surface area contributed by atoms with Crippen LogP contribution in [0, 0.1) is 0 Å². The van der Waals surface area contributed by atoms with Crippen molar-refractivity contribution >= 4 is 0 Å². The normalized spacial score (nSPS) is 13.9. The number of aliphatic hydroxyl groups excluding tert-OH is 1. The number of hydrogen-bond donors (Lipinski definition) is 2. The molecule has 0 saturated carbocycles. The minimum absolute atomic E-state index is 0.206. The third-order valence-corrected chi connectivity index (χ3v) is 1.53. The highest BCUT2D eigenvalue weighted by Crippen LogP contribution is 2.08. The lowest BCUT2D eigenvalue weighted by molar-refractivity contribution is 0.196. The van der Waals surface area contributed by atoms with Crippen molar-refractivity contribution in [2.75, 3.05) is 20.3 Å². The quantitative estimate of drug-likeness (QED) is 0.487. The average molecular weight is 167 g/mol. The fourth-order valence-corrected chi connectivity index (χ4v) is 0.905. The Morgan fingerprint density at radius 3 is 2.75 bits per heavy atom. The van der Waals surface area contributed by atoms with Crippen molar-refractivity contribution in [2.45, 2.75) is 0 Å². The van der Waals surface area contributed by atoms with Crippen molar-refractivity contribution in [2.24, 2.45) is 0 Å². The van der Waals surface area contributed by atoms with E-state index in [1.165, 1.54) is 0 Å². The van der Waals surface area contributed by atoms with Crippen molar-refractivity contribution in [3.05, 3.63) is 35.8 Å². The average Bonchev–Trinajstić information content (AvgIpc) is 2.56. The van der Waals surface area contributed by atoms with Gasteiger partial charge >= 0.3 is 0 Å². The third-order valence-electron chi connectivity index (χ3n) is 1.53. The Bertz CT molecular complexity index is 215. The Labute approximate surface area is 72.0 Å². The first kappa shape index (κ1) is 8.87. The maximum absolute atomic E-state index is 9.39. The van der Waals surface area contributed by atoms with Gasteiger partial charge < -0.3 is 15.2 Å². The molecule has 0 heterocycles. The molecule has 0 bridgehead atoms. The molecule has 0 spiro atoms. The van der Waals surface area contributed by atoms with Gasteiger partial charge in [0.05, 0.1) is 6.61 Å². The van der Waals surface area contributed by atoms with Crippen molar-refractivity contribution in [3.63, 3.8) is 0 Å². The zero-order chi connectivity index (χ0) is 8.81. The molecule has 0 fully saturated rings. The van der Waals surface area contributed by atoms with Crippen molar-refractivity contribution < 1.29 is 9.84 Å². The molecule has 0 aromatic heterocycles. The van der Waals surface area contributed by atoms with E-state index in [9.17, 15) is 5.11 Å². The van der Waals surface area contributed by atoms with Crippen molar-refractivity contribution in [1.29, 1.82) is 0 Å². The minimum Gasteiger partial charge on any atom is -0.494 e. The van der Waals surface area contributed by atoms with Crippen LogP contribution in [-0.2, 0) is 4.74 Å². The lowest BCUT2D eigenvalue weighted by atomic mass is 10.3. The van der Waals surface area contributed by atoms with Crippen molar-refractivity contribution in [3.8, 4) is 0 Å². The van der Waals surface area contributed by atoms with Gasteiger partial charge in [-0.05, 0) is 12.2 Å². The monoisotopic (exact) mass is 167 g/mol. The largest absolute Gasteiger partial charge is 0.494 e. The predicted octanol–water partition coefficient (Wildman–Crippen LogP) is 1.12. The van der Waals surface area contributed by atoms with E-state index in [1.54, 1.807) is 7.11 Å². The number of aliphatic hydroxyl groups is 1. The zero-order valence-electron chi connectivity index (χ0n) is 7.08. The summed E-state index contributed by atoms with van der Waals surface area (Å²) in [4.78, 5) is 0. The van der Waals surface area contributed by atoms with E-state index in [0.29, 0.717) is 13.2 Å². The first-order chi connectivity index (χ1) is 5.84. The maximum atomic E-state index is 9.39. The summed E-state index contributed by atoms with van der Waals surface area (Å²) >= 11 is 0. The van der Waals surface area contributed by atoms with Crippen LogP contribution in [0.4, 0.5) is 0 Å². The molecule has 66 valence electrons. The van der Waals surface area contributed by atoms with Gasteiger partial charge in [0.2, 0.25) is 0 Å². The maximum Gasteiger partial charge on any atom is 0.191 e. The van der Waals surface area contributed by atoms with Gasteiger partial charge in [-0.15, -0.1) is 0 Å².